The highest BCUT2D eigenvalue weighted by Gasteiger charge is 2.05. The van der Waals surface area contributed by atoms with Crippen molar-refractivity contribution in [2.75, 3.05) is 52.4 Å². The Balaban J connectivity index is 1.97. The van der Waals surface area contributed by atoms with E-state index in [1.54, 1.807) is 0 Å². The van der Waals surface area contributed by atoms with Crippen LogP contribution in [0.5, 0.6) is 0 Å². The number of hydrogen-bond acceptors (Lipinski definition) is 4. The van der Waals surface area contributed by atoms with Crippen molar-refractivity contribution in [1.29, 1.82) is 0 Å². The molecule has 4 heteroatoms. The third-order valence-electron chi connectivity index (χ3n) is 5.54. The first-order chi connectivity index (χ1) is 12.9. The molecule has 0 radical (unpaired) electrons. The highest BCUT2D eigenvalue weighted by Crippen LogP contribution is 2.13. The van der Waals surface area contributed by atoms with Crippen molar-refractivity contribution in [3.05, 3.63) is 0 Å². The van der Waals surface area contributed by atoms with E-state index in [1.165, 1.54) is 116 Å². The fourth-order valence-corrected chi connectivity index (χ4v) is 3.83. The van der Waals surface area contributed by atoms with Crippen molar-refractivity contribution in [1.82, 2.24) is 15.5 Å². The molecule has 0 saturated carbocycles. The molecule has 0 aromatic carbocycles. The molecule has 0 aromatic heterocycles. The molecule has 0 bridgehead atoms. The van der Waals surface area contributed by atoms with Gasteiger partial charge in [0.2, 0.25) is 0 Å². The summed E-state index contributed by atoms with van der Waals surface area (Å²) in [7, 11) is 0. The molecule has 0 aliphatic carbocycles. The Labute approximate surface area is 164 Å². The van der Waals surface area contributed by atoms with E-state index in [0.29, 0.717) is 0 Å². The van der Waals surface area contributed by atoms with Crippen molar-refractivity contribution < 1.29 is 0 Å². The maximum atomic E-state index is 5.49. The number of hydrogen-bond donors (Lipinski definition) is 3. The summed E-state index contributed by atoms with van der Waals surface area (Å²) in [4.78, 5) is 2.74. The van der Waals surface area contributed by atoms with Crippen molar-refractivity contribution in [2.24, 2.45) is 5.73 Å². The molecular weight excluding hydrogens is 320 g/mol. The number of rotatable bonds is 12. The van der Waals surface area contributed by atoms with E-state index in [-0.39, 0.29) is 0 Å². The fraction of sp³-hybridized carbons (Fsp3) is 1.00. The van der Waals surface area contributed by atoms with Gasteiger partial charge < -0.3 is 21.3 Å². The van der Waals surface area contributed by atoms with Crippen LogP contribution in [-0.2, 0) is 0 Å². The van der Waals surface area contributed by atoms with E-state index in [0.717, 1.165) is 26.1 Å². The molecule has 1 saturated heterocycles. The second kappa shape index (κ2) is 19.6. The molecule has 0 amide bonds. The lowest BCUT2D eigenvalue weighted by atomic mass is 10.1. The first-order valence-corrected chi connectivity index (χ1v) is 11.8. The first-order valence-electron chi connectivity index (χ1n) is 11.8. The van der Waals surface area contributed by atoms with Gasteiger partial charge in [-0.05, 0) is 90.9 Å². The van der Waals surface area contributed by atoms with Crippen LogP contribution in [0.4, 0.5) is 0 Å². The molecule has 1 rings (SSSR count). The smallest absolute Gasteiger partial charge is 0.000664 e. The van der Waals surface area contributed by atoms with Crippen LogP contribution in [0, 0.1) is 0 Å². The molecule has 0 spiro atoms. The fourth-order valence-electron chi connectivity index (χ4n) is 3.83. The Morgan fingerprint density at radius 3 is 1.46 bits per heavy atom. The van der Waals surface area contributed by atoms with Gasteiger partial charge in [0.25, 0.3) is 0 Å². The van der Waals surface area contributed by atoms with E-state index in [9.17, 15) is 0 Å². The summed E-state index contributed by atoms with van der Waals surface area (Å²) in [6.07, 6.45) is 19.4. The summed E-state index contributed by atoms with van der Waals surface area (Å²) in [6.45, 7) is 9.28. The summed E-state index contributed by atoms with van der Waals surface area (Å²) < 4.78 is 0. The standard InChI is InChI=1S/C22H48N4/c23-15-13-18-24-16-9-10-17-25-19-14-22-26-20-11-7-5-3-1-2-4-6-8-12-21-26/h24-25H,1-23H2. The third kappa shape index (κ3) is 16.0. The van der Waals surface area contributed by atoms with Gasteiger partial charge >= 0.3 is 0 Å². The van der Waals surface area contributed by atoms with Crippen LogP contribution in [0.3, 0.4) is 0 Å². The molecule has 0 aromatic rings. The van der Waals surface area contributed by atoms with Gasteiger partial charge in [-0.15, -0.1) is 0 Å². The topological polar surface area (TPSA) is 53.3 Å². The SMILES string of the molecule is NCCCNCCCCNCCCN1CCCCCCCCCCCC1. The normalized spacial score (nSPS) is 18.8. The summed E-state index contributed by atoms with van der Waals surface area (Å²) in [5.74, 6) is 0. The zero-order valence-corrected chi connectivity index (χ0v) is 17.6. The zero-order chi connectivity index (χ0) is 18.5. The Hall–Kier alpha value is -0.160. The van der Waals surface area contributed by atoms with Crippen molar-refractivity contribution in [3.63, 3.8) is 0 Å². The molecule has 1 aliphatic rings. The lowest BCUT2D eigenvalue weighted by molar-refractivity contribution is 0.257. The van der Waals surface area contributed by atoms with Crippen LogP contribution in [0.2, 0.25) is 0 Å². The zero-order valence-electron chi connectivity index (χ0n) is 17.6. The van der Waals surface area contributed by atoms with Crippen molar-refractivity contribution >= 4 is 0 Å². The van der Waals surface area contributed by atoms with Crippen LogP contribution >= 0.6 is 0 Å². The van der Waals surface area contributed by atoms with Gasteiger partial charge in [0.15, 0.2) is 0 Å². The maximum Gasteiger partial charge on any atom is -0.000664 e. The number of nitrogens with two attached hydrogens (primary N) is 1. The molecule has 4 nitrogen and oxygen atoms in total. The predicted octanol–water partition coefficient (Wildman–Crippen LogP) is 3.90. The highest BCUT2D eigenvalue weighted by molar-refractivity contribution is 4.62. The molecular formula is C22H48N4. The lowest BCUT2D eigenvalue weighted by Crippen LogP contribution is -2.30. The summed E-state index contributed by atoms with van der Waals surface area (Å²) in [5.41, 5.74) is 5.49. The second-order valence-electron chi connectivity index (χ2n) is 8.08. The van der Waals surface area contributed by atoms with Crippen molar-refractivity contribution in [2.45, 2.75) is 89.9 Å². The number of unbranched alkanes of at least 4 members (excludes halogenated alkanes) is 1. The van der Waals surface area contributed by atoms with Crippen LogP contribution in [0.1, 0.15) is 89.9 Å². The Kier molecular flexibility index (Phi) is 18.0. The average Bonchev–Trinajstić information content (AvgIpc) is 2.68. The van der Waals surface area contributed by atoms with Crippen LogP contribution in [0.25, 0.3) is 0 Å². The van der Waals surface area contributed by atoms with Crippen molar-refractivity contribution in [3.8, 4) is 0 Å². The van der Waals surface area contributed by atoms with E-state index in [2.05, 4.69) is 15.5 Å². The predicted molar refractivity (Wildman–Crippen MR) is 116 cm³/mol. The van der Waals surface area contributed by atoms with Gasteiger partial charge in [0.1, 0.15) is 0 Å². The summed E-state index contributed by atoms with van der Waals surface area (Å²) in [5, 5.41) is 7.08. The number of nitrogens with one attached hydrogen (secondary N) is 2. The first kappa shape index (κ1) is 23.9. The van der Waals surface area contributed by atoms with E-state index >= 15 is 0 Å². The second-order valence-corrected chi connectivity index (χ2v) is 8.08. The molecule has 26 heavy (non-hydrogen) atoms. The van der Waals surface area contributed by atoms with Gasteiger partial charge in [0, 0.05) is 0 Å². The molecule has 1 heterocycles. The molecule has 0 unspecified atom stereocenters. The largest absolute Gasteiger partial charge is 0.330 e. The maximum absolute atomic E-state index is 5.49. The van der Waals surface area contributed by atoms with Crippen LogP contribution in [0.15, 0.2) is 0 Å². The molecule has 1 aliphatic heterocycles. The Morgan fingerprint density at radius 1 is 0.538 bits per heavy atom. The van der Waals surface area contributed by atoms with Gasteiger partial charge in [-0.3, -0.25) is 0 Å². The van der Waals surface area contributed by atoms with E-state index in [4.69, 9.17) is 5.73 Å². The molecule has 1 fully saturated rings. The van der Waals surface area contributed by atoms with Crippen LogP contribution in [-0.4, -0.2) is 57.3 Å². The minimum absolute atomic E-state index is 0.797. The van der Waals surface area contributed by atoms with E-state index in [1.807, 2.05) is 0 Å². The van der Waals surface area contributed by atoms with E-state index < -0.39 is 0 Å². The quantitative estimate of drug-likeness (QED) is 0.457. The van der Waals surface area contributed by atoms with Gasteiger partial charge in [-0.2, -0.15) is 0 Å². The summed E-state index contributed by atoms with van der Waals surface area (Å²) >= 11 is 0. The average molecular weight is 369 g/mol. The third-order valence-corrected chi connectivity index (χ3v) is 5.54. The van der Waals surface area contributed by atoms with Gasteiger partial charge in [-0.25, -0.2) is 0 Å². The van der Waals surface area contributed by atoms with Gasteiger partial charge in [0.05, 0.1) is 0 Å². The minimum atomic E-state index is 0.797. The Bertz CT molecular complexity index is 259. The molecule has 4 N–H and O–H groups in total. The highest BCUT2D eigenvalue weighted by atomic mass is 15.1. The molecule has 156 valence electrons. The number of nitrogens with zero attached hydrogens (tertiary/aromatic N) is 1. The Morgan fingerprint density at radius 2 is 0.962 bits per heavy atom. The van der Waals surface area contributed by atoms with Crippen LogP contribution < -0.4 is 16.4 Å². The van der Waals surface area contributed by atoms with Gasteiger partial charge in [-0.1, -0.05) is 51.4 Å². The molecule has 0 atom stereocenters. The minimum Gasteiger partial charge on any atom is -0.330 e. The lowest BCUT2D eigenvalue weighted by Gasteiger charge is -2.22. The summed E-state index contributed by atoms with van der Waals surface area (Å²) in [6, 6.07) is 0. The monoisotopic (exact) mass is 368 g/mol.